The first-order valence-electron chi connectivity index (χ1n) is 5.33. The van der Waals surface area contributed by atoms with Gasteiger partial charge in [0.05, 0.1) is 0 Å². The number of hydrogen-bond acceptors (Lipinski definition) is 2. The van der Waals surface area contributed by atoms with Crippen LogP contribution in [-0.4, -0.2) is 18.4 Å². The van der Waals surface area contributed by atoms with Crippen LogP contribution in [0.25, 0.3) is 0 Å². The first kappa shape index (κ1) is 12.2. The fourth-order valence-corrected chi connectivity index (χ4v) is 1.27. The standard InChI is InChI=1S/C12H16N2O2/c1-2-3-8-14-12(16)10-6-4-9(5-7-10)11(13)15/h4-7H,2-3,8H2,1H3,(H2,13,15)(H,14,16). The van der Waals surface area contributed by atoms with Crippen LogP contribution in [0.15, 0.2) is 24.3 Å². The van der Waals surface area contributed by atoms with Crippen molar-refractivity contribution < 1.29 is 9.59 Å². The largest absolute Gasteiger partial charge is 0.366 e. The molecular formula is C12H16N2O2. The zero-order valence-corrected chi connectivity index (χ0v) is 9.32. The molecule has 0 radical (unpaired) electrons. The van der Waals surface area contributed by atoms with E-state index in [4.69, 9.17) is 5.73 Å². The van der Waals surface area contributed by atoms with Crippen molar-refractivity contribution in [1.29, 1.82) is 0 Å². The predicted octanol–water partition coefficient (Wildman–Crippen LogP) is 1.32. The lowest BCUT2D eigenvalue weighted by Gasteiger charge is -2.04. The van der Waals surface area contributed by atoms with Gasteiger partial charge in [0, 0.05) is 17.7 Å². The minimum Gasteiger partial charge on any atom is -0.366 e. The highest BCUT2D eigenvalue weighted by Gasteiger charge is 2.05. The number of amides is 2. The van der Waals surface area contributed by atoms with E-state index in [2.05, 4.69) is 12.2 Å². The maximum absolute atomic E-state index is 11.6. The molecule has 0 fully saturated rings. The molecule has 0 aliphatic carbocycles. The van der Waals surface area contributed by atoms with Crippen molar-refractivity contribution in [2.24, 2.45) is 5.73 Å². The average Bonchev–Trinajstić information content (AvgIpc) is 2.29. The number of rotatable bonds is 5. The Morgan fingerprint density at radius 2 is 1.75 bits per heavy atom. The van der Waals surface area contributed by atoms with Gasteiger partial charge in [-0.05, 0) is 30.7 Å². The van der Waals surface area contributed by atoms with Crippen LogP contribution in [0.2, 0.25) is 0 Å². The van der Waals surface area contributed by atoms with Gasteiger partial charge in [-0.3, -0.25) is 9.59 Å². The molecule has 0 aliphatic heterocycles. The number of nitrogens with one attached hydrogen (secondary N) is 1. The minimum atomic E-state index is -0.488. The second kappa shape index (κ2) is 5.90. The van der Waals surface area contributed by atoms with E-state index in [1.54, 1.807) is 24.3 Å². The lowest BCUT2D eigenvalue weighted by atomic mass is 10.1. The van der Waals surface area contributed by atoms with Gasteiger partial charge in [0.2, 0.25) is 5.91 Å². The molecule has 1 aromatic rings. The van der Waals surface area contributed by atoms with Crippen LogP contribution in [0.1, 0.15) is 40.5 Å². The van der Waals surface area contributed by atoms with E-state index in [0.717, 1.165) is 12.8 Å². The van der Waals surface area contributed by atoms with Crippen molar-refractivity contribution in [3.63, 3.8) is 0 Å². The van der Waals surface area contributed by atoms with Crippen LogP contribution in [0.4, 0.5) is 0 Å². The summed E-state index contributed by atoms with van der Waals surface area (Å²) in [5.74, 6) is -0.609. The number of unbranched alkanes of at least 4 members (excludes halogenated alkanes) is 1. The van der Waals surface area contributed by atoms with Gasteiger partial charge >= 0.3 is 0 Å². The summed E-state index contributed by atoms with van der Waals surface area (Å²) in [6, 6.07) is 6.30. The first-order valence-corrected chi connectivity index (χ1v) is 5.33. The van der Waals surface area contributed by atoms with Gasteiger partial charge in [0.25, 0.3) is 5.91 Å². The number of nitrogens with two attached hydrogens (primary N) is 1. The highest BCUT2D eigenvalue weighted by Crippen LogP contribution is 2.03. The minimum absolute atomic E-state index is 0.121. The summed E-state index contributed by atoms with van der Waals surface area (Å²) in [4.78, 5) is 22.4. The van der Waals surface area contributed by atoms with Gasteiger partial charge in [-0.1, -0.05) is 13.3 Å². The Labute approximate surface area is 94.8 Å². The van der Waals surface area contributed by atoms with Gasteiger partial charge < -0.3 is 11.1 Å². The lowest BCUT2D eigenvalue weighted by molar-refractivity contribution is 0.0950. The molecule has 4 nitrogen and oxygen atoms in total. The summed E-state index contributed by atoms with van der Waals surface area (Å²) < 4.78 is 0. The van der Waals surface area contributed by atoms with Crippen LogP contribution in [0.5, 0.6) is 0 Å². The third kappa shape index (κ3) is 3.38. The molecule has 0 spiro atoms. The highest BCUT2D eigenvalue weighted by atomic mass is 16.2. The van der Waals surface area contributed by atoms with Crippen molar-refractivity contribution in [2.75, 3.05) is 6.54 Å². The highest BCUT2D eigenvalue weighted by molar-refractivity contribution is 5.97. The summed E-state index contributed by atoms with van der Waals surface area (Å²) in [6.07, 6.45) is 2.01. The predicted molar refractivity (Wildman–Crippen MR) is 62.2 cm³/mol. The molecule has 1 rings (SSSR count). The van der Waals surface area contributed by atoms with E-state index in [1.165, 1.54) is 0 Å². The summed E-state index contributed by atoms with van der Waals surface area (Å²) in [5, 5.41) is 2.79. The van der Waals surface area contributed by atoms with E-state index in [-0.39, 0.29) is 5.91 Å². The zero-order valence-electron chi connectivity index (χ0n) is 9.32. The van der Waals surface area contributed by atoms with Crippen molar-refractivity contribution >= 4 is 11.8 Å². The molecular weight excluding hydrogens is 204 g/mol. The molecule has 2 amide bonds. The van der Waals surface area contributed by atoms with Crippen LogP contribution < -0.4 is 11.1 Å². The quantitative estimate of drug-likeness (QED) is 0.734. The molecule has 0 saturated heterocycles. The first-order chi connectivity index (χ1) is 7.65. The fraction of sp³-hybridized carbons (Fsp3) is 0.333. The van der Waals surface area contributed by atoms with Gasteiger partial charge in [0.1, 0.15) is 0 Å². The molecule has 0 unspecified atom stereocenters. The fourth-order valence-electron chi connectivity index (χ4n) is 1.27. The third-order valence-electron chi connectivity index (χ3n) is 2.25. The van der Waals surface area contributed by atoms with Crippen molar-refractivity contribution in [3.8, 4) is 0 Å². The number of primary amides is 1. The molecule has 16 heavy (non-hydrogen) atoms. The third-order valence-corrected chi connectivity index (χ3v) is 2.25. The average molecular weight is 220 g/mol. The Morgan fingerprint density at radius 1 is 1.19 bits per heavy atom. The summed E-state index contributed by atoms with van der Waals surface area (Å²) in [7, 11) is 0. The second-order valence-electron chi connectivity index (χ2n) is 3.55. The van der Waals surface area contributed by atoms with Crippen LogP contribution >= 0.6 is 0 Å². The lowest BCUT2D eigenvalue weighted by Crippen LogP contribution is -2.24. The van der Waals surface area contributed by atoms with Crippen molar-refractivity contribution in [2.45, 2.75) is 19.8 Å². The molecule has 0 atom stereocenters. The van der Waals surface area contributed by atoms with Gasteiger partial charge in [0.15, 0.2) is 0 Å². The molecule has 0 aliphatic rings. The summed E-state index contributed by atoms with van der Waals surface area (Å²) in [6.45, 7) is 2.74. The number of benzene rings is 1. The molecule has 0 heterocycles. The van der Waals surface area contributed by atoms with Gasteiger partial charge in [-0.25, -0.2) is 0 Å². The monoisotopic (exact) mass is 220 g/mol. The van der Waals surface area contributed by atoms with E-state index < -0.39 is 5.91 Å². The maximum Gasteiger partial charge on any atom is 0.251 e. The van der Waals surface area contributed by atoms with E-state index in [1.807, 2.05) is 0 Å². The maximum atomic E-state index is 11.6. The Bertz CT molecular complexity index is 371. The van der Waals surface area contributed by atoms with Crippen LogP contribution in [-0.2, 0) is 0 Å². The summed E-state index contributed by atoms with van der Waals surface area (Å²) >= 11 is 0. The van der Waals surface area contributed by atoms with Crippen LogP contribution in [0.3, 0.4) is 0 Å². The van der Waals surface area contributed by atoms with E-state index in [9.17, 15) is 9.59 Å². The second-order valence-corrected chi connectivity index (χ2v) is 3.55. The van der Waals surface area contributed by atoms with E-state index >= 15 is 0 Å². The van der Waals surface area contributed by atoms with Crippen LogP contribution in [0, 0.1) is 0 Å². The molecule has 4 heteroatoms. The molecule has 3 N–H and O–H groups in total. The molecule has 86 valence electrons. The Balaban J connectivity index is 2.59. The summed E-state index contributed by atoms with van der Waals surface area (Å²) in [5.41, 5.74) is 6.05. The van der Waals surface area contributed by atoms with Crippen molar-refractivity contribution in [3.05, 3.63) is 35.4 Å². The zero-order chi connectivity index (χ0) is 12.0. The van der Waals surface area contributed by atoms with E-state index in [0.29, 0.717) is 17.7 Å². The number of hydrogen-bond donors (Lipinski definition) is 2. The van der Waals surface area contributed by atoms with Gasteiger partial charge in [-0.15, -0.1) is 0 Å². The smallest absolute Gasteiger partial charge is 0.251 e. The number of carbonyl (C=O) groups excluding carboxylic acids is 2. The SMILES string of the molecule is CCCCNC(=O)c1ccc(C(N)=O)cc1. The Hall–Kier alpha value is -1.84. The molecule has 0 bridgehead atoms. The molecule has 0 saturated carbocycles. The molecule has 1 aromatic carbocycles. The number of carbonyl (C=O) groups is 2. The topological polar surface area (TPSA) is 72.2 Å². The Morgan fingerprint density at radius 3 is 2.25 bits per heavy atom. The Kier molecular flexibility index (Phi) is 4.51. The van der Waals surface area contributed by atoms with Crippen molar-refractivity contribution in [1.82, 2.24) is 5.32 Å². The normalized spacial score (nSPS) is 9.81. The van der Waals surface area contributed by atoms with Gasteiger partial charge in [-0.2, -0.15) is 0 Å². The molecule has 0 aromatic heterocycles.